The first kappa shape index (κ1) is 9.96. The van der Waals surface area contributed by atoms with Crippen molar-refractivity contribution >= 4 is 16.8 Å². The van der Waals surface area contributed by atoms with Gasteiger partial charge < -0.3 is 0 Å². The zero-order valence-corrected chi connectivity index (χ0v) is 7.77. The molecule has 0 saturated heterocycles. The molecule has 1 saturated carbocycles. The van der Waals surface area contributed by atoms with Gasteiger partial charge in [-0.1, -0.05) is 19.3 Å². The van der Waals surface area contributed by atoms with E-state index in [2.05, 4.69) is 5.48 Å². The Morgan fingerprint density at radius 3 is 2.67 bits per heavy atom. The molecule has 0 aromatic rings. The van der Waals surface area contributed by atoms with E-state index in [1.807, 2.05) is 0 Å². The zero-order valence-electron chi connectivity index (χ0n) is 7.01. The van der Waals surface area contributed by atoms with Crippen LogP contribution in [0.2, 0.25) is 0 Å². The Morgan fingerprint density at radius 1 is 1.42 bits per heavy atom. The third kappa shape index (κ3) is 4.04. The number of hydrogen-bond donors (Lipinski definition) is 1. The van der Waals surface area contributed by atoms with Crippen LogP contribution >= 0.6 is 11.6 Å². The molecule has 3 nitrogen and oxygen atoms in total. The van der Waals surface area contributed by atoms with Crippen LogP contribution in [0.4, 0.5) is 0 Å². The van der Waals surface area contributed by atoms with Gasteiger partial charge >= 0.3 is 0 Å². The lowest BCUT2D eigenvalue weighted by molar-refractivity contribution is -0.115. The molecule has 1 N–H and O–H groups in total. The molecule has 4 heteroatoms. The Balaban J connectivity index is 2.01. The van der Waals surface area contributed by atoms with Crippen LogP contribution in [-0.2, 0) is 9.63 Å². The predicted molar refractivity (Wildman–Crippen MR) is 46.8 cm³/mol. The summed E-state index contributed by atoms with van der Waals surface area (Å²) < 4.78 is 0. The molecule has 0 amide bonds. The summed E-state index contributed by atoms with van der Waals surface area (Å²) >= 11 is 5.11. The molecule has 1 fully saturated rings. The highest BCUT2D eigenvalue weighted by molar-refractivity contribution is 6.64. The number of hydroxylamine groups is 1. The molecular weight excluding hydrogens is 178 g/mol. The molecule has 1 rings (SSSR count). The first-order valence-corrected chi connectivity index (χ1v) is 4.73. The second-order valence-electron chi connectivity index (χ2n) is 3.05. The van der Waals surface area contributed by atoms with E-state index in [1.165, 1.54) is 19.3 Å². The Kier molecular flexibility index (Phi) is 4.58. The van der Waals surface area contributed by atoms with Gasteiger partial charge in [-0.3, -0.25) is 9.63 Å². The van der Waals surface area contributed by atoms with Crippen molar-refractivity contribution in [3.8, 4) is 0 Å². The molecule has 0 unspecified atom stereocenters. The molecule has 70 valence electrons. The Morgan fingerprint density at radius 2 is 2.08 bits per heavy atom. The van der Waals surface area contributed by atoms with E-state index < -0.39 is 5.24 Å². The van der Waals surface area contributed by atoms with Gasteiger partial charge in [-0.15, -0.1) is 0 Å². The minimum atomic E-state index is -0.411. The molecule has 0 bridgehead atoms. The molecule has 0 aromatic heterocycles. The van der Waals surface area contributed by atoms with E-state index in [0.29, 0.717) is 0 Å². The van der Waals surface area contributed by atoms with E-state index in [1.54, 1.807) is 0 Å². The summed E-state index contributed by atoms with van der Waals surface area (Å²) in [4.78, 5) is 15.5. The van der Waals surface area contributed by atoms with Crippen LogP contribution < -0.4 is 5.48 Å². The van der Waals surface area contributed by atoms with Crippen molar-refractivity contribution < 1.29 is 9.63 Å². The molecule has 0 heterocycles. The number of carbonyl (C=O) groups is 1. The van der Waals surface area contributed by atoms with Crippen molar-refractivity contribution in [2.24, 2.45) is 0 Å². The van der Waals surface area contributed by atoms with Gasteiger partial charge in [0, 0.05) is 0 Å². The van der Waals surface area contributed by atoms with Crippen molar-refractivity contribution in [1.29, 1.82) is 0 Å². The van der Waals surface area contributed by atoms with Crippen LogP contribution in [-0.4, -0.2) is 17.9 Å². The third-order valence-electron chi connectivity index (χ3n) is 2.01. The summed E-state index contributed by atoms with van der Waals surface area (Å²) in [6.45, 7) is 0.0953. The van der Waals surface area contributed by atoms with Crippen LogP contribution in [0.5, 0.6) is 0 Å². The molecule has 0 aromatic carbocycles. The number of hydrogen-bond acceptors (Lipinski definition) is 3. The second kappa shape index (κ2) is 5.51. The average Bonchev–Trinajstić information content (AvgIpc) is 2.05. The SMILES string of the molecule is O=C(Cl)CNOC1CCCCC1. The van der Waals surface area contributed by atoms with Gasteiger partial charge in [-0.25, -0.2) is 0 Å². The third-order valence-corrected chi connectivity index (χ3v) is 2.15. The molecule has 1 aliphatic rings. The maximum atomic E-state index is 10.3. The van der Waals surface area contributed by atoms with E-state index >= 15 is 0 Å². The van der Waals surface area contributed by atoms with E-state index in [9.17, 15) is 4.79 Å². The van der Waals surface area contributed by atoms with Crippen LogP contribution in [0.25, 0.3) is 0 Å². The minimum Gasteiger partial charge on any atom is -0.298 e. The molecule has 0 spiro atoms. The molecule has 12 heavy (non-hydrogen) atoms. The van der Waals surface area contributed by atoms with Crippen LogP contribution in [0.3, 0.4) is 0 Å². The molecule has 0 atom stereocenters. The normalized spacial score (nSPS) is 19.4. The van der Waals surface area contributed by atoms with Gasteiger partial charge in [0.05, 0.1) is 12.6 Å². The fourth-order valence-electron chi connectivity index (χ4n) is 1.40. The van der Waals surface area contributed by atoms with Crippen molar-refractivity contribution in [2.45, 2.75) is 38.2 Å². The van der Waals surface area contributed by atoms with Crippen LogP contribution in [0.1, 0.15) is 32.1 Å². The standard InChI is InChI=1S/C8H14ClNO2/c9-8(11)6-10-12-7-4-2-1-3-5-7/h7,10H,1-6H2. The summed E-state index contributed by atoms with van der Waals surface area (Å²) in [5.41, 5.74) is 2.57. The summed E-state index contributed by atoms with van der Waals surface area (Å²) in [5.74, 6) is 0. The van der Waals surface area contributed by atoms with Gasteiger partial charge in [0.2, 0.25) is 5.24 Å². The number of halogens is 1. The van der Waals surface area contributed by atoms with Gasteiger partial charge in [0.25, 0.3) is 0 Å². The smallest absolute Gasteiger partial charge is 0.237 e. The summed E-state index contributed by atoms with van der Waals surface area (Å²) in [7, 11) is 0. The van der Waals surface area contributed by atoms with Crippen molar-refractivity contribution in [3.05, 3.63) is 0 Å². The molecule has 1 aliphatic carbocycles. The van der Waals surface area contributed by atoms with Crippen molar-refractivity contribution in [2.75, 3.05) is 6.54 Å². The van der Waals surface area contributed by atoms with Gasteiger partial charge in [0.1, 0.15) is 0 Å². The Labute approximate surface area is 77.4 Å². The topological polar surface area (TPSA) is 38.3 Å². The lowest BCUT2D eigenvalue weighted by atomic mass is 9.98. The van der Waals surface area contributed by atoms with E-state index in [-0.39, 0.29) is 12.6 Å². The minimum absolute atomic E-state index is 0.0953. The van der Waals surface area contributed by atoms with Gasteiger partial charge in [-0.2, -0.15) is 5.48 Å². The van der Waals surface area contributed by atoms with E-state index in [4.69, 9.17) is 16.4 Å². The first-order valence-electron chi connectivity index (χ1n) is 4.36. The lowest BCUT2D eigenvalue weighted by Crippen LogP contribution is -2.28. The summed E-state index contributed by atoms with van der Waals surface area (Å²) in [5, 5.41) is -0.411. The van der Waals surface area contributed by atoms with E-state index in [0.717, 1.165) is 12.8 Å². The van der Waals surface area contributed by atoms with Crippen molar-refractivity contribution in [3.63, 3.8) is 0 Å². The monoisotopic (exact) mass is 191 g/mol. The quantitative estimate of drug-likeness (QED) is 0.542. The maximum Gasteiger partial charge on any atom is 0.237 e. The molecular formula is C8H14ClNO2. The number of nitrogens with one attached hydrogen (secondary N) is 1. The van der Waals surface area contributed by atoms with Crippen molar-refractivity contribution in [1.82, 2.24) is 5.48 Å². The largest absolute Gasteiger partial charge is 0.298 e. The highest BCUT2D eigenvalue weighted by atomic mass is 35.5. The fraction of sp³-hybridized carbons (Fsp3) is 0.875. The maximum absolute atomic E-state index is 10.3. The predicted octanol–water partition coefficient (Wildman–Crippen LogP) is 1.61. The summed E-state index contributed by atoms with van der Waals surface area (Å²) in [6, 6.07) is 0. The highest BCUT2D eigenvalue weighted by Gasteiger charge is 2.13. The second-order valence-corrected chi connectivity index (χ2v) is 3.48. The zero-order chi connectivity index (χ0) is 8.81. The fourth-order valence-corrected chi connectivity index (χ4v) is 1.45. The Hall–Kier alpha value is -0.120. The lowest BCUT2D eigenvalue weighted by Gasteiger charge is -2.21. The van der Waals surface area contributed by atoms with Crippen LogP contribution in [0.15, 0.2) is 0 Å². The summed E-state index contributed by atoms with van der Waals surface area (Å²) in [6.07, 6.45) is 6.19. The highest BCUT2D eigenvalue weighted by Crippen LogP contribution is 2.19. The number of carbonyl (C=O) groups excluding carboxylic acids is 1. The number of rotatable bonds is 4. The van der Waals surface area contributed by atoms with Gasteiger partial charge in [-0.05, 0) is 24.4 Å². The molecule has 0 aliphatic heterocycles. The molecule has 0 radical (unpaired) electrons. The Bertz CT molecular complexity index is 146. The first-order chi connectivity index (χ1) is 5.79. The average molecular weight is 192 g/mol. The van der Waals surface area contributed by atoms with Crippen LogP contribution in [0, 0.1) is 0 Å². The van der Waals surface area contributed by atoms with Gasteiger partial charge in [0.15, 0.2) is 0 Å².